The summed E-state index contributed by atoms with van der Waals surface area (Å²) in [6.07, 6.45) is 1.60. The first-order chi connectivity index (χ1) is 13.5. The first-order valence-corrected chi connectivity index (χ1v) is 9.66. The van der Waals surface area contributed by atoms with Crippen molar-refractivity contribution in [3.8, 4) is 5.75 Å². The molecule has 0 N–H and O–H groups in total. The van der Waals surface area contributed by atoms with Crippen LogP contribution >= 0.6 is 23.2 Å². The molecule has 5 nitrogen and oxygen atoms in total. The number of aromatic nitrogens is 2. The number of amides is 1. The molecule has 1 aromatic heterocycles. The standard InChI is InChI=1S/C21H21Cl2N3O2/c1-3-26-20(19(23)12-24-26)13-25(2)21(27)16-7-4-6-15(10-16)14-28-18-9-5-8-17(22)11-18/h4-12H,3,13-14H2,1-2H3. The smallest absolute Gasteiger partial charge is 0.253 e. The van der Waals surface area contributed by atoms with Crippen LogP contribution in [-0.2, 0) is 19.7 Å². The second-order valence-electron chi connectivity index (χ2n) is 6.36. The van der Waals surface area contributed by atoms with Crippen molar-refractivity contribution in [3.63, 3.8) is 0 Å². The molecule has 7 heteroatoms. The first kappa shape index (κ1) is 20.2. The van der Waals surface area contributed by atoms with Gasteiger partial charge < -0.3 is 9.64 Å². The molecule has 1 amide bonds. The van der Waals surface area contributed by atoms with Crippen LogP contribution in [0.2, 0.25) is 10.0 Å². The van der Waals surface area contributed by atoms with E-state index >= 15 is 0 Å². The normalized spacial score (nSPS) is 10.7. The number of nitrogens with zero attached hydrogens (tertiary/aromatic N) is 3. The molecule has 0 aliphatic heterocycles. The van der Waals surface area contributed by atoms with Gasteiger partial charge in [-0.05, 0) is 42.8 Å². The van der Waals surface area contributed by atoms with Crippen molar-refractivity contribution < 1.29 is 9.53 Å². The van der Waals surface area contributed by atoms with Gasteiger partial charge in [-0.15, -0.1) is 0 Å². The molecule has 3 aromatic rings. The Bertz CT molecular complexity index is 972. The summed E-state index contributed by atoms with van der Waals surface area (Å²) in [6, 6.07) is 14.6. The van der Waals surface area contributed by atoms with Gasteiger partial charge in [0.25, 0.3) is 5.91 Å². The minimum absolute atomic E-state index is 0.0930. The molecule has 0 bridgehead atoms. The lowest BCUT2D eigenvalue weighted by atomic mass is 10.1. The molecule has 0 radical (unpaired) electrons. The van der Waals surface area contributed by atoms with E-state index in [2.05, 4.69) is 5.10 Å². The predicted octanol–water partition coefficient (Wildman–Crippen LogP) is 5.06. The summed E-state index contributed by atoms with van der Waals surface area (Å²) in [5, 5.41) is 5.39. The number of benzene rings is 2. The molecule has 0 saturated carbocycles. The Labute approximate surface area is 174 Å². The fraction of sp³-hybridized carbons (Fsp3) is 0.238. The molecule has 0 aliphatic carbocycles. The molecular weight excluding hydrogens is 397 g/mol. The zero-order valence-corrected chi connectivity index (χ0v) is 17.2. The van der Waals surface area contributed by atoms with E-state index < -0.39 is 0 Å². The Morgan fingerprint density at radius 1 is 1.18 bits per heavy atom. The average molecular weight is 418 g/mol. The second kappa shape index (κ2) is 9.13. The van der Waals surface area contributed by atoms with Crippen LogP contribution in [-0.4, -0.2) is 27.6 Å². The SMILES string of the molecule is CCn1ncc(Cl)c1CN(C)C(=O)c1cccc(COc2cccc(Cl)c2)c1. The Morgan fingerprint density at radius 3 is 2.71 bits per heavy atom. The third-order valence-corrected chi connectivity index (χ3v) is 4.86. The molecule has 0 spiro atoms. The minimum atomic E-state index is -0.0930. The van der Waals surface area contributed by atoms with Crippen molar-refractivity contribution in [2.24, 2.45) is 0 Å². The minimum Gasteiger partial charge on any atom is -0.489 e. The van der Waals surface area contributed by atoms with E-state index in [1.165, 1.54) is 0 Å². The zero-order chi connectivity index (χ0) is 20.1. The highest BCUT2D eigenvalue weighted by atomic mass is 35.5. The molecule has 28 heavy (non-hydrogen) atoms. The summed E-state index contributed by atoms with van der Waals surface area (Å²) >= 11 is 12.2. The highest BCUT2D eigenvalue weighted by Crippen LogP contribution is 2.20. The monoisotopic (exact) mass is 417 g/mol. The number of carbonyl (C=O) groups is 1. The third kappa shape index (κ3) is 4.86. The Morgan fingerprint density at radius 2 is 1.96 bits per heavy atom. The van der Waals surface area contributed by atoms with Gasteiger partial charge in [-0.25, -0.2) is 0 Å². The van der Waals surface area contributed by atoms with E-state index in [1.807, 2.05) is 37.3 Å². The van der Waals surface area contributed by atoms with Gasteiger partial charge >= 0.3 is 0 Å². The molecule has 3 rings (SSSR count). The van der Waals surface area contributed by atoms with Gasteiger partial charge in [0.15, 0.2) is 0 Å². The predicted molar refractivity (Wildman–Crippen MR) is 111 cm³/mol. The molecule has 0 aliphatic rings. The van der Waals surface area contributed by atoms with Crippen molar-refractivity contribution in [3.05, 3.63) is 81.6 Å². The van der Waals surface area contributed by atoms with E-state index in [1.54, 1.807) is 41.0 Å². The van der Waals surface area contributed by atoms with Crippen molar-refractivity contribution in [1.82, 2.24) is 14.7 Å². The van der Waals surface area contributed by atoms with E-state index in [4.69, 9.17) is 27.9 Å². The molecule has 0 unspecified atom stereocenters. The van der Waals surface area contributed by atoms with Gasteiger partial charge in [-0.3, -0.25) is 9.48 Å². The van der Waals surface area contributed by atoms with E-state index in [0.29, 0.717) is 41.1 Å². The van der Waals surface area contributed by atoms with E-state index in [9.17, 15) is 4.79 Å². The Hall–Kier alpha value is -2.50. The summed E-state index contributed by atoms with van der Waals surface area (Å²) in [7, 11) is 1.75. The van der Waals surface area contributed by atoms with Gasteiger partial charge in [0.2, 0.25) is 0 Å². The summed E-state index contributed by atoms with van der Waals surface area (Å²) in [5.41, 5.74) is 2.31. The van der Waals surface area contributed by atoms with Crippen molar-refractivity contribution in [1.29, 1.82) is 0 Å². The number of rotatable bonds is 7. The number of halogens is 2. The lowest BCUT2D eigenvalue weighted by Gasteiger charge is -2.18. The highest BCUT2D eigenvalue weighted by Gasteiger charge is 2.17. The molecule has 1 heterocycles. The second-order valence-corrected chi connectivity index (χ2v) is 7.21. The molecular formula is C21H21Cl2N3O2. The van der Waals surface area contributed by atoms with Crippen LogP contribution in [0.4, 0.5) is 0 Å². The summed E-state index contributed by atoms with van der Waals surface area (Å²) < 4.78 is 7.55. The lowest BCUT2D eigenvalue weighted by molar-refractivity contribution is 0.0781. The largest absolute Gasteiger partial charge is 0.489 e. The molecule has 0 saturated heterocycles. The van der Waals surface area contributed by atoms with Crippen LogP contribution in [0.1, 0.15) is 28.5 Å². The van der Waals surface area contributed by atoms with Gasteiger partial charge in [0.1, 0.15) is 12.4 Å². The summed E-state index contributed by atoms with van der Waals surface area (Å²) in [6.45, 7) is 3.41. The van der Waals surface area contributed by atoms with Gasteiger partial charge in [0.05, 0.1) is 23.5 Å². The number of aryl methyl sites for hydroxylation is 1. The van der Waals surface area contributed by atoms with Crippen LogP contribution in [0, 0.1) is 0 Å². The van der Waals surface area contributed by atoms with Gasteiger partial charge in [-0.2, -0.15) is 5.10 Å². The van der Waals surface area contributed by atoms with Gasteiger partial charge in [0, 0.05) is 24.2 Å². The lowest BCUT2D eigenvalue weighted by Crippen LogP contribution is -2.27. The van der Waals surface area contributed by atoms with Crippen molar-refractivity contribution >= 4 is 29.1 Å². The molecule has 2 aromatic carbocycles. The van der Waals surface area contributed by atoms with Crippen molar-refractivity contribution in [2.75, 3.05) is 7.05 Å². The summed E-state index contributed by atoms with van der Waals surface area (Å²) in [4.78, 5) is 14.5. The van der Waals surface area contributed by atoms with Crippen LogP contribution in [0.15, 0.2) is 54.7 Å². The highest BCUT2D eigenvalue weighted by molar-refractivity contribution is 6.31. The molecule has 0 atom stereocenters. The Kier molecular flexibility index (Phi) is 6.60. The number of carbonyl (C=O) groups excluding carboxylic acids is 1. The third-order valence-electron chi connectivity index (χ3n) is 4.31. The maximum absolute atomic E-state index is 12.8. The number of hydrogen-bond donors (Lipinski definition) is 0. The zero-order valence-electron chi connectivity index (χ0n) is 15.7. The maximum Gasteiger partial charge on any atom is 0.253 e. The van der Waals surface area contributed by atoms with Crippen LogP contribution in [0.5, 0.6) is 5.75 Å². The van der Waals surface area contributed by atoms with Crippen LogP contribution in [0.3, 0.4) is 0 Å². The quantitative estimate of drug-likeness (QED) is 0.539. The fourth-order valence-corrected chi connectivity index (χ4v) is 3.23. The van der Waals surface area contributed by atoms with Crippen LogP contribution in [0.25, 0.3) is 0 Å². The average Bonchev–Trinajstić information content (AvgIpc) is 3.05. The van der Waals surface area contributed by atoms with Crippen LogP contribution < -0.4 is 4.74 Å². The maximum atomic E-state index is 12.8. The fourth-order valence-electron chi connectivity index (χ4n) is 2.85. The van der Waals surface area contributed by atoms with Gasteiger partial charge in [-0.1, -0.05) is 41.4 Å². The topological polar surface area (TPSA) is 47.4 Å². The molecule has 0 fully saturated rings. The molecule has 146 valence electrons. The number of hydrogen-bond acceptors (Lipinski definition) is 3. The Balaban J connectivity index is 1.68. The summed E-state index contributed by atoms with van der Waals surface area (Å²) in [5.74, 6) is 0.591. The van der Waals surface area contributed by atoms with Crippen molar-refractivity contribution in [2.45, 2.75) is 26.6 Å². The van der Waals surface area contributed by atoms with E-state index in [-0.39, 0.29) is 5.91 Å². The first-order valence-electron chi connectivity index (χ1n) is 8.91. The number of ether oxygens (including phenoxy) is 1. The van der Waals surface area contributed by atoms with E-state index in [0.717, 1.165) is 11.3 Å².